The lowest BCUT2D eigenvalue weighted by molar-refractivity contribution is 0.278. The van der Waals surface area contributed by atoms with Crippen LogP contribution in [0.15, 0.2) is 0 Å². The van der Waals surface area contributed by atoms with E-state index >= 15 is 0 Å². The van der Waals surface area contributed by atoms with Crippen LogP contribution in [0.1, 0.15) is 61.8 Å². The molecular formula is C17H36O2P2. The summed E-state index contributed by atoms with van der Waals surface area (Å²) in [5.41, 5.74) is 2.68. The van der Waals surface area contributed by atoms with Gasteiger partial charge in [-0.15, -0.1) is 0 Å². The Labute approximate surface area is 135 Å². The first-order chi connectivity index (χ1) is 9.73. The molecule has 0 N–H and O–H groups in total. The molecule has 0 radical (unpaired) electrons. The van der Waals surface area contributed by atoms with Crippen LogP contribution in [-0.2, 0) is 9.05 Å². The van der Waals surface area contributed by atoms with E-state index in [2.05, 4.69) is 55.4 Å². The zero-order chi connectivity index (χ0) is 16.2. The Bertz CT molecular complexity index is 249. The third-order valence-electron chi connectivity index (χ3n) is 3.98. The van der Waals surface area contributed by atoms with Crippen molar-refractivity contribution in [3.8, 4) is 0 Å². The van der Waals surface area contributed by atoms with Crippen molar-refractivity contribution in [1.82, 2.24) is 0 Å². The Kier molecular flexibility index (Phi) is 8.65. The fourth-order valence-corrected chi connectivity index (χ4v) is 7.18. The van der Waals surface area contributed by atoms with E-state index in [4.69, 9.17) is 9.05 Å². The molecule has 0 heterocycles. The van der Waals surface area contributed by atoms with Crippen molar-refractivity contribution < 1.29 is 9.05 Å². The van der Waals surface area contributed by atoms with E-state index in [-0.39, 0.29) is 16.3 Å². The van der Waals surface area contributed by atoms with Gasteiger partial charge < -0.3 is 9.05 Å². The molecule has 126 valence electrons. The Morgan fingerprint density at radius 3 is 1.19 bits per heavy atom. The first-order valence-electron chi connectivity index (χ1n) is 8.56. The van der Waals surface area contributed by atoms with Gasteiger partial charge in [-0.1, -0.05) is 55.4 Å². The Hall–Kier alpha value is 0.780. The fraction of sp³-hybridized carbons (Fsp3) is 1.00. The maximum atomic E-state index is 6.24. The summed E-state index contributed by atoms with van der Waals surface area (Å²) >= 11 is 0. The molecule has 0 aliphatic heterocycles. The second kappa shape index (κ2) is 9.17. The standard InChI is InChI=1S/C17H36O2P2/c1-12(2)20(13(3)4)18-10-16-9-17(16)11-19-21(14(5)6)15(7)8/h12-17H,9-11H2,1-8H3/t16-,17-/m0/s1. The highest BCUT2D eigenvalue weighted by Crippen LogP contribution is 2.52. The molecule has 2 atom stereocenters. The minimum atomic E-state index is -0.269. The summed E-state index contributed by atoms with van der Waals surface area (Å²) in [5.74, 6) is 1.51. The van der Waals surface area contributed by atoms with Crippen LogP contribution >= 0.6 is 16.3 Å². The fourth-order valence-electron chi connectivity index (χ4n) is 2.87. The molecule has 4 heteroatoms. The second-order valence-electron chi connectivity index (χ2n) is 7.44. The van der Waals surface area contributed by atoms with E-state index in [0.717, 1.165) is 25.0 Å². The van der Waals surface area contributed by atoms with Gasteiger partial charge in [0.05, 0.1) is 13.2 Å². The predicted octanol–water partition coefficient (Wildman–Crippen LogP) is 6.08. The van der Waals surface area contributed by atoms with Gasteiger partial charge in [-0.3, -0.25) is 0 Å². The van der Waals surface area contributed by atoms with Crippen LogP contribution in [-0.4, -0.2) is 35.8 Å². The van der Waals surface area contributed by atoms with Crippen LogP contribution in [0.5, 0.6) is 0 Å². The van der Waals surface area contributed by atoms with Gasteiger partial charge in [-0.25, -0.2) is 0 Å². The number of hydrogen-bond donors (Lipinski definition) is 0. The average molecular weight is 334 g/mol. The van der Waals surface area contributed by atoms with Crippen molar-refractivity contribution in [2.24, 2.45) is 11.8 Å². The van der Waals surface area contributed by atoms with E-state index in [0.29, 0.717) is 22.6 Å². The summed E-state index contributed by atoms with van der Waals surface area (Å²) in [6.45, 7) is 20.2. The van der Waals surface area contributed by atoms with Gasteiger partial charge in [0, 0.05) is 16.3 Å². The molecule has 21 heavy (non-hydrogen) atoms. The summed E-state index contributed by atoms with van der Waals surface area (Å²) in [6, 6.07) is 0. The van der Waals surface area contributed by atoms with Gasteiger partial charge in [0.1, 0.15) is 0 Å². The van der Waals surface area contributed by atoms with E-state index in [9.17, 15) is 0 Å². The third kappa shape index (κ3) is 6.82. The smallest absolute Gasteiger partial charge is 0.0541 e. The van der Waals surface area contributed by atoms with E-state index in [1.807, 2.05) is 0 Å². The Morgan fingerprint density at radius 1 is 0.667 bits per heavy atom. The lowest BCUT2D eigenvalue weighted by Gasteiger charge is -2.26. The van der Waals surface area contributed by atoms with E-state index < -0.39 is 0 Å². The van der Waals surface area contributed by atoms with Crippen molar-refractivity contribution in [2.45, 2.75) is 84.4 Å². The molecule has 2 nitrogen and oxygen atoms in total. The van der Waals surface area contributed by atoms with Gasteiger partial charge in [-0.2, -0.15) is 0 Å². The van der Waals surface area contributed by atoms with E-state index in [1.165, 1.54) is 6.42 Å². The highest BCUT2D eigenvalue weighted by atomic mass is 31.1. The van der Waals surface area contributed by atoms with E-state index in [1.54, 1.807) is 0 Å². The Balaban J connectivity index is 2.25. The zero-order valence-corrected chi connectivity index (χ0v) is 17.1. The summed E-state index contributed by atoms with van der Waals surface area (Å²) in [7, 11) is -0.539. The molecular weight excluding hydrogens is 298 g/mol. The lowest BCUT2D eigenvalue weighted by Crippen LogP contribution is -2.10. The molecule has 0 unspecified atom stereocenters. The van der Waals surface area contributed by atoms with Crippen molar-refractivity contribution >= 4 is 16.3 Å². The molecule has 0 aromatic rings. The number of rotatable bonds is 10. The molecule has 0 spiro atoms. The molecule has 0 aromatic carbocycles. The maximum absolute atomic E-state index is 6.24. The molecule has 1 aliphatic rings. The lowest BCUT2D eigenvalue weighted by atomic mass is 10.3. The molecule has 1 saturated carbocycles. The molecule has 0 bridgehead atoms. The van der Waals surface area contributed by atoms with Crippen LogP contribution in [0, 0.1) is 11.8 Å². The van der Waals surface area contributed by atoms with Crippen LogP contribution in [0.4, 0.5) is 0 Å². The highest BCUT2D eigenvalue weighted by molar-refractivity contribution is 7.54. The van der Waals surface area contributed by atoms with Crippen molar-refractivity contribution in [2.75, 3.05) is 13.2 Å². The molecule has 1 rings (SSSR count). The first-order valence-corrected chi connectivity index (χ1v) is 11.4. The van der Waals surface area contributed by atoms with Gasteiger partial charge in [0.2, 0.25) is 0 Å². The van der Waals surface area contributed by atoms with Gasteiger partial charge >= 0.3 is 0 Å². The van der Waals surface area contributed by atoms with Gasteiger partial charge in [-0.05, 0) is 40.9 Å². The number of hydrogen-bond acceptors (Lipinski definition) is 2. The average Bonchev–Trinajstić information content (AvgIpc) is 3.06. The Morgan fingerprint density at radius 2 is 0.952 bits per heavy atom. The normalized spacial score (nSPS) is 22.6. The van der Waals surface area contributed by atoms with Crippen LogP contribution in [0.2, 0.25) is 0 Å². The summed E-state index contributed by atoms with van der Waals surface area (Å²) in [5, 5.41) is 0. The maximum Gasteiger partial charge on any atom is 0.0541 e. The van der Waals surface area contributed by atoms with Crippen molar-refractivity contribution in [1.29, 1.82) is 0 Å². The minimum absolute atomic E-state index is 0.269. The SMILES string of the molecule is CC(C)P(OC[C@@H]1C[C@H]1COP(C(C)C)C(C)C)C(C)C. The topological polar surface area (TPSA) is 18.5 Å². The molecule has 0 amide bonds. The monoisotopic (exact) mass is 334 g/mol. The summed E-state index contributed by atoms with van der Waals surface area (Å²) in [6.07, 6.45) is 1.30. The predicted molar refractivity (Wildman–Crippen MR) is 97.9 cm³/mol. The quantitative estimate of drug-likeness (QED) is 0.451. The highest BCUT2D eigenvalue weighted by Gasteiger charge is 2.39. The second-order valence-corrected chi connectivity index (χ2v) is 13.5. The zero-order valence-electron chi connectivity index (χ0n) is 15.3. The van der Waals surface area contributed by atoms with Crippen LogP contribution < -0.4 is 0 Å². The minimum Gasteiger partial charge on any atom is -0.358 e. The van der Waals surface area contributed by atoms with Gasteiger partial charge in [0.25, 0.3) is 0 Å². The first kappa shape index (κ1) is 19.8. The third-order valence-corrected chi connectivity index (χ3v) is 8.95. The largest absolute Gasteiger partial charge is 0.358 e. The summed E-state index contributed by atoms with van der Waals surface area (Å²) in [4.78, 5) is 0. The van der Waals surface area contributed by atoms with Crippen LogP contribution in [0.25, 0.3) is 0 Å². The van der Waals surface area contributed by atoms with Gasteiger partial charge in [0.15, 0.2) is 0 Å². The van der Waals surface area contributed by atoms with Crippen LogP contribution in [0.3, 0.4) is 0 Å². The molecule has 0 aromatic heterocycles. The molecule has 1 fully saturated rings. The molecule has 1 aliphatic carbocycles. The van der Waals surface area contributed by atoms with Crippen molar-refractivity contribution in [3.05, 3.63) is 0 Å². The summed E-state index contributed by atoms with van der Waals surface area (Å²) < 4.78 is 12.5. The van der Waals surface area contributed by atoms with Crippen molar-refractivity contribution in [3.63, 3.8) is 0 Å². The molecule has 0 saturated heterocycles.